The van der Waals surface area contributed by atoms with Crippen LogP contribution in [-0.2, 0) is 16.4 Å². The fourth-order valence-electron chi connectivity index (χ4n) is 1.67. The van der Waals surface area contributed by atoms with Gasteiger partial charge in [0.15, 0.2) is 11.4 Å². The number of hydrogen-bond acceptors (Lipinski definition) is 7. The van der Waals surface area contributed by atoms with Crippen LogP contribution in [0.1, 0.15) is 19.2 Å². The van der Waals surface area contributed by atoms with Gasteiger partial charge in [-0.1, -0.05) is 12.1 Å². The molecule has 2 N–H and O–H groups in total. The highest BCUT2D eigenvalue weighted by Gasteiger charge is 2.19. The smallest absolute Gasteiger partial charge is 0.260 e. The van der Waals surface area contributed by atoms with E-state index in [0.29, 0.717) is 24.5 Å². The summed E-state index contributed by atoms with van der Waals surface area (Å²) in [6.45, 7) is 2.84. The summed E-state index contributed by atoms with van der Waals surface area (Å²) in [5.74, 6) is 0.378. The fraction of sp³-hybridized carbons (Fsp3) is 0.417. The number of anilines is 1. The molecule has 2 rings (SSSR count). The highest BCUT2D eigenvalue weighted by atomic mass is 32.2. The van der Waals surface area contributed by atoms with Gasteiger partial charge >= 0.3 is 0 Å². The molecule has 0 aliphatic heterocycles. The number of hydrogen-bond donors (Lipinski definition) is 2. The van der Waals surface area contributed by atoms with Crippen LogP contribution in [0.2, 0.25) is 0 Å². The summed E-state index contributed by atoms with van der Waals surface area (Å²) in [7, 11) is -3.69. The molecule has 0 unspecified atom stereocenters. The number of nitrogens with zero attached hydrogens (tertiary/aromatic N) is 3. The van der Waals surface area contributed by atoms with E-state index in [1.165, 1.54) is 12.5 Å². The minimum Gasteiger partial charge on any atom is -0.383 e. The predicted molar refractivity (Wildman–Crippen MR) is 76.2 cm³/mol. The maximum absolute atomic E-state index is 12.3. The Morgan fingerprint density at radius 2 is 2.14 bits per heavy atom. The van der Waals surface area contributed by atoms with Crippen LogP contribution < -0.4 is 10.0 Å². The first kappa shape index (κ1) is 15.4. The van der Waals surface area contributed by atoms with E-state index in [0.717, 1.165) is 6.42 Å². The van der Waals surface area contributed by atoms with Crippen LogP contribution in [0.5, 0.6) is 0 Å². The fourth-order valence-corrected chi connectivity index (χ4v) is 2.80. The molecule has 0 spiro atoms. The van der Waals surface area contributed by atoms with Gasteiger partial charge in [0.1, 0.15) is 0 Å². The van der Waals surface area contributed by atoms with Crippen LogP contribution in [0.15, 0.2) is 34.2 Å². The summed E-state index contributed by atoms with van der Waals surface area (Å²) >= 11 is 0. The summed E-state index contributed by atoms with van der Waals surface area (Å²) in [6, 6.07) is 3.38. The van der Waals surface area contributed by atoms with E-state index >= 15 is 0 Å². The largest absolute Gasteiger partial charge is 0.383 e. The number of nitrogens with one attached hydrogen (secondary N) is 2. The third kappa shape index (κ3) is 4.23. The average Bonchev–Trinajstić information content (AvgIpc) is 2.98. The van der Waals surface area contributed by atoms with Gasteiger partial charge in [-0.2, -0.15) is 4.98 Å². The second-order valence-electron chi connectivity index (χ2n) is 4.27. The lowest BCUT2D eigenvalue weighted by molar-refractivity contribution is 0.377. The highest BCUT2D eigenvalue weighted by molar-refractivity contribution is 7.89. The highest BCUT2D eigenvalue weighted by Crippen LogP contribution is 2.17. The number of rotatable bonds is 8. The van der Waals surface area contributed by atoms with Crippen LogP contribution in [0.4, 0.5) is 5.69 Å². The summed E-state index contributed by atoms with van der Waals surface area (Å²) in [5.41, 5.74) is 0.490. The Morgan fingerprint density at radius 1 is 1.29 bits per heavy atom. The van der Waals surface area contributed by atoms with Gasteiger partial charge < -0.3 is 9.84 Å². The van der Waals surface area contributed by atoms with Crippen molar-refractivity contribution in [2.24, 2.45) is 0 Å². The van der Waals surface area contributed by atoms with Crippen molar-refractivity contribution < 1.29 is 12.9 Å². The Morgan fingerprint density at radius 3 is 2.86 bits per heavy atom. The summed E-state index contributed by atoms with van der Waals surface area (Å²) in [5, 5.41) is 6.50. The molecule has 2 aromatic heterocycles. The van der Waals surface area contributed by atoms with E-state index in [9.17, 15) is 8.42 Å². The normalized spacial score (nSPS) is 11.5. The van der Waals surface area contributed by atoms with E-state index in [4.69, 9.17) is 4.52 Å². The molecule has 9 heteroatoms. The minimum atomic E-state index is -3.69. The molecule has 0 bridgehead atoms. The molecule has 0 radical (unpaired) electrons. The molecule has 0 atom stereocenters. The zero-order chi connectivity index (χ0) is 15.1. The van der Waals surface area contributed by atoms with Crippen LogP contribution in [-0.4, -0.2) is 36.6 Å². The third-order valence-electron chi connectivity index (χ3n) is 2.63. The van der Waals surface area contributed by atoms with Crippen molar-refractivity contribution in [2.45, 2.75) is 24.8 Å². The van der Waals surface area contributed by atoms with E-state index < -0.39 is 10.0 Å². The molecular formula is C12H17N5O3S. The molecule has 21 heavy (non-hydrogen) atoms. The molecule has 0 aromatic carbocycles. The quantitative estimate of drug-likeness (QED) is 0.742. The van der Waals surface area contributed by atoms with Gasteiger partial charge in [-0.05, 0) is 18.6 Å². The molecule has 0 saturated heterocycles. The number of aromatic nitrogens is 3. The first-order valence-corrected chi connectivity index (χ1v) is 8.06. The number of sulfonamides is 1. The topological polar surface area (TPSA) is 110 Å². The monoisotopic (exact) mass is 311 g/mol. The van der Waals surface area contributed by atoms with Crippen molar-refractivity contribution in [2.75, 3.05) is 18.4 Å². The zero-order valence-electron chi connectivity index (χ0n) is 11.6. The molecule has 0 saturated carbocycles. The molecule has 2 heterocycles. The van der Waals surface area contributed by atoms with Crippen LogP contribution >= 0.6 is 0 Å². The average molecular weight is 311 g/mol. The lowest BCUT2D eigenvalue weighted by Gasteiger charge is -2.11. The SMILES string of the molecule is CCCNc1cccnc1S(=O)(=O)NCCc1ncno1. The molecule has 0 amide bonds. The van der Waals surface area contributed by atoms with Gasteiger partial charge in [-0.3, -0.25) is 0 Å². The van der Waals surface area contributed by atoms with Crippen LogP contribution in [0.25, 0.3) is 0 Å². The third-order valence-corrected chi connectivity index (χ3v) is 4.05. The Kier molecular flexibility index (Phi) is 5.23. The molecule has 0 aliphatic rings. The van der Waals surface area contributed by atoms with Crippen molar-refractivity contribution in [3.05, 3.63) is 30.5 Å². The molecular weight excluding hydrogens is 294 g/mol. The Balaban J connectivity index is 2.04. The van der Waals surface area contributed by atoms with Crippen molar-refractivity contribution in [3.8, 4) is 0 Å². The van der Waals surface area contributed by atoms with Crippen LogP contribution in [0, 0.1) is 0 Å². The molecule has 8 nitrogen and oxygen atoms in total. The van der Waals surface area contributed by atoms with E-state index in [2.05, 4.69) is 25.2 Å². The second kappa shape index (κ2) is 7.14. The maximum atomic E-state index is 12.3. The lowest BCUT2D eigenvalue weighted by atomic mass is 10.4. The maximum Gasteiger partial charge on any atom is 0.260 e. The number of pyridine rings is 1. The molecule has 114 valence electrons. The van der Waals surface area contributed by atoms with Gasteiger partial charge in [0.25, 0.3) is 10.0 Å². The summed E-state index contributed by atoms with van der Waals surface area (Å²) < 4.78 is 31.8. The summed E-state index contributed by atoms with van der Waals surface area (Å²) in [4.78, 5) is 7.78. The first-order valence-electron chi connectivity index (χ1n) is 6.57. The van der Waals surface area contributed by atoms with Crippen molar-refractivity contribution >= 4 is 15.7 Å². The van der Waals surface area contributed by atoms with E-state index in [1.54, 1.807) is 12.1 Å². The standard InChI is InChI=1S/C12H17N5O3S/c1-2-6-13-10-4-3-7-14-12(10)21(18,19)17-8-5-11-15-9-16-20-11/h3-4,7,9,13,17H,2,5-6,8H2,1H3. The predicted octanol–water partition coefficient (Wildman–Crippen LogP) is 0.807. The van der Waals surface area contributed by atoms with Crippen molar-refractivity contribution in [1.29, 1.82) is 0 Å². The van der Waals surface area contributed by atoms with Gasteiger partial charge in [0.05, 0.1) is 5.69 Å². The lowest BCUT2D eigenvalue weighted by Crippen LogP contribution is -2.27. The first-order chi connectivity index (χ1) is 10.1. The second-order valence-corrected chi connectivity index (χ2v) is 5.95. The van der Waals surface area contributed by atoms with Gasteiger partial charge in [-0.25, -0.2) is 18.1 Å². The Hall–Kier alpha value is -2.00. The van der Waals surface area contributed by atoms with Gasteiger partial charge in [0.2, 0.25) is 5.89 Å². The molecule has 0 fully saturated rings. The Bertz CT molecular complexity index is 657. The summed E-state index contributed by atoms with van der Waals surface area (Å²) in [6.07, 6.45) is 3.93. The minimum absolute atomic E-state index is 0.0102. The zero-order valence-corrected chi connectivity index (χ0v) is 12.4. The van der Waals surface area contributed by atoms with E-state index in [1.807, 2.05) is 6.92 Å². The van der Waals surface area contributed by atoms with Gasteiger partial charge in [0, 0.05) is 25.7 Å². The van der Waals surface area contributed by atoms with Crippen molar-refractivity contribution in [3.63, 3.8) is 0 Å². The van der Waals surface area contributed by atoms with E-state index in [-0.39, 0.29) is 11.6 Å². The van der Waals surface area contributed by atoms with Gasteiger partial charge in [-0.15, -0.1) is 0 Å². The molecule has 2 aromatic rings. The molecule has 0 aliphatic carbocycles. The van der Waals surface area contributed by atoms with Crippen LogP contribution in [0.3, 0.4) is 0 Å². The van der Waals surface area contributed by atoms with Crippen molar-refractivity contribution in [1.82, 2.24) is 19.8 Å². The Labute approximate surface area is 123 Å².